The molecule has 0 unspecified atom stereocenters. The lowest BCUT2D eigenvalue weighted by atomic mass is 10.0. The van der Waals surface area contributed by atoms with Crippen molar-refractivity contribution in [3.63, 3.8) is 0 Å². The molecule has 0 atom stereocenters. The van der Waals surface area contributed by atoms with Crippen molar-refractivity contribution in [2.75, 3.05) is 16.5 Å². The molecule has 2 aromatic carbocycles. The highest BCUT2D eigenvalue weighted by molar-refractivity contribution is 7.90. The minimum Gasteiger partial charge on any atom is -0.467 e. The number of hydrogen-bond acceptors (Lipinski definition) is 7. The van der Waals surface area contributed by atoms with Crippen LogP contribution in [0.25, 0.3) is 0 Å². The molecule has 0 saturated carbocycles. The molecule has 4 rings (SSSR count). The van der Waals surface area contributed by atoms with Crippen LogP contribution in [0, 0.1) is 6.92 Å². The largest absolute Gasteiger partial charge is 0.467 e. The van der Waals surface area contributed by atoms with E-state index in [0.29, 0.717) is 36.1 Å². The van der Waals surface area contributed by atoms with E-state index in [0.717, 1.165) is 17.4 Å². The van der Waals surface area contributed by atoms with Gasteiger partial charge in [0.25, 0.3) is 5.91 Å². The number of rotatable bonds is 9. The van der Waals surface area contributed by atoms with Gasteiger partial charge in [0.15, 0.2) is 5.69 Å². The number of aromatic nitrogens is 2. The fourth-order valence-electron chi connectivity index (χ4n) is 3.81. The summed E-state index contributed by atoms with van der Waals surface area (Å²) in [6, 6.07) is 19.2. The Balaban J connectivity index is 1.76. The number of hydrogen-bond donors (Lipinski definition) is 1. The zero-order valence-corrected chi connectivity index (χ0v) is 22.1. The molecule has 0 spiro atoms. The molecule has 9 heteroatoms. The predicted molar refractivity (Wildman–Crippen MR) is 143 cm³/mol. The van der Waals surface area contributed by atoms with E-state index in [-0.39, 0.29) is 5.69 Å². The SMILES string of the molecule is Cc1ccc(NC(=O)c2nc(S(C)(=O)=O)ncc2N(Cc2ccc(C(C)C)cc2)Cc2ccco2)cc1. The average Bonchev–Trinajstić information content (AvgIpc) is 3.37. The third kappa shape index (κ3) is 6.62. The summed E-state index contributed by atoms with van der Waals surface area (Å²) in [4.78, 5) is 23.6. The molecule has 0 aliphatic heterocycles. The fourth-order valence-corrected chi connectivity index (χ4v) is 4.31. The van der Waals surface area contributed by atoms with E-state index < -0.39 is 20.9 Å². The van der Waals surface area contributed by atoms with Crippen molar-refractivity contribution in [2.24, 2.45) is 0 Å². The lowest BCUT2D eigenvalue weighted by Gasteiger charge is -2.25. The molecule has 37 heavy (non-hydrogen) atoms. The summed E-state index contributed by atoms with van der Waals surface area (Å²) in [6.45, 7) is 6.97. The summed E-state index contributed by atoms with van der Waals surface area (Å²) < 4.78 is 30.0. The van der Waals surface area contributed by atoms with E-state index in [1.807, 2.05) is 42.2 Å². The Hall–Kier alpha value is -3.98. The summed E-state index contributed by atoms with van der Waals surface area (Å²) in [6.07, 6.45) is 3.98. The quantitative estimate of drug-likeness (QED) is 0.297. The van der Waals surface area contributed by atoms with Gasteiger partial charge in [0.2, 0.25) is 15.0 Å². The van der Waals surface area contributed by atoms with Crippen molar-refractivity contribution >= 4 is 27.1 Å². The first-order valence-corrected chi connectivity index (χ1v) is 13.8. The van der Waals surface area contributed by atoms with Crippen LogP contribution in [0.3, 0.4) is 0 Å². The summed E-state index contributed by atoms with van der Waals surface area (Å²) in [5.74, 6) is 0.545. The minimum absolute atomic E-state index is 0.0404. The van der Waals surface area contributed by atoms with Crippen LogP contribution in [0.2, 0.25) is 0 Å². The third-order valence-electron chi connectivity index (χ3n) is 5.89. The Morgan fingerprint density at radius 1 is 1.03 bits per heavy atom. The Morgan fingerprint density at radius 3 is 2.32 bits per heavy atom. The summed E-state index contributed by atoms with van der Waals surface area (Å²) >= 11 is 0. The topological polar surface area (TPSA) is 105 Å². The average molecular weight is 519 g/mol. The molecular weight excluding hydrogens is 488 g/mol. The van der Waals surface area contributed by atoms with Crippen LogP contribution in [0.4, 0.5) is 11.4 Å². The van der Waals surface area contributed by atoms with E-state index >= 15 is 0 Å². The number of carbonyl (C=O) groups excluding carboxylic acids is 1. The number of benzene rings is 2. The second kappa shape index (κ2) is 11.0. The van der Waals surface area contributed by atoms with Gasteiger partial charge in [-0.05, 0) is 48.2 Å². The summed E-state index contributed by atoms with van der Waals surface area (Å²) in [7, 11) is -3.74. The van der Waals surface area contributed by atoms with E-state index in [1.165, 1.54) is 11.8 Å². The van der Waals surface area contributed by atoms with Crippen LogP contribution in [0.1, 0.15) is 52.7 Å². The second-order valence-electron chi connectivity index (χ2n) is 9.31. The molecule has 0 aliphatic carbocycles. The van der Waals surface area contributed by atoms with Crippen molar-refractivity contribution in [2.45, 2.75) is 44.9 Å². The van der Waals surface area contributed by atoms with Gasteiger partial charge in [-0.1, -0.05) is 55.8 Å². The Labute approximate surface area is 217 Å². The molecule has 2 aromatic heterocycles. The smallest absolute Gasteiger partial charge is 0.276 e. The molecule has 4 aromatic rings. The number of anilines is 2. The van der Waals surface area contributed by atoms with Gasteiger partial charge in [-0.2, -0.15) is 0 Å². The molecule has 1 amide bonds. The van der Waals surface area contributed by atoms with Gasteiger partial charge in [-0.15, -0.1) is 0 Å². The van der Waals surface area contributed by atoms with Crippen molar-refractivity contribution in [1.29, 1.82) is 0 Å². The number of nitrogens with zero attached hydrogens (tertiary/aromatic N) is 3. The van der Waals surface area contributed by atoms with Gasteiger partial charge < -0.3 is 14.6 Å². The molecule has 0 saturated heterocycles. The van der Waals surface area contributed by atoms with Gasteiger partial charge in [-0.25, -0.2) is 18.4 Å². The standard InChI is InChI=1S/C28H30N4O4S/c1-19(2)22-11-9-21(10-12-22)17-32(18-24-6-5-15-36-24)25-16-29-28(37(4,34)35)31-26(25)27(33)30-23-13-7-20(3)8-14-23/h5-16,19H,17-18H2,1-4H3,(H,30,33). The number of aryl methyl sites for hydroxylation is 1. The number of carbonyl (C=O) groups is 1. The lowest BCUT2D eigenvalue weighted by molar-refractivity contribution is 0.102. The van der Waals surface area contributed by atoms with E-state index in [4.69, 9.17) is 4.42 Å². The highest BCUT2D eigenvalue weighted by atomic mass is 32.2. The van der Waals surface area contributed by atoms with Gasteiger partial charge in [0.1, 0.15) is 5.76 Å². The zero-order chi connectivity index (χ0) is 26.6. The van der Waals surface area contributed by atoms with Crippen molar-refractivity contribution < 1.29 is 17.6 Å². The van der Waals surface area contributed by atoms with E-state index in [1.54, 1.807) is 24.5 Å². The number of furan rings is 1. The molecule has 0 aliphatic rings. The maximum absolute atomic E-state index is 13.4. The molecule has 8 nitrogen and oxygen atoms in total. The lowest BCUT2D eigenvalue weighted by Crippen LogP contribution is -2.27. The van der Waals surface area contributed by atoms with Gasteiger partial charge in [0, 0.05) is 18.5 Å². The minimum atomic E-state index is -3.74. The molecule has 2 heterocycles. The van der Waals surface area contributed by atoms with Gasteiger partial charge in [-0.3, -0.25) is 4.79 Å². The number of sulfone groups is 1. The maximum Gasteiger partial charge on any atom is 0.276 e. The molecule has 0 radical (unpaired) electrons. The molecule has 0 fully saturated rings. The van der Waals surface area contributed by atoms with Crippen LogP contribution >= 0.6 is 0 Å². The molecule has 192 valence electrons. The third-order valence-corrected chi connectivity index (χ3v) is 6.75. The van der Waals surface area contributed by atoms with Gasteiger partial charge >= 0.3 is 0 Å². The monoisotopic (exact) mass is 518 g/mol. The Kier molecular flexibility index (Phi) is 7.73. The Morgan fingerprint density at radius 2 is 1.73 bits per heavy atom. The summed E-state index contributed by atoms with van der Waals surface area (Å²) in [5, 5.41) is 2.42. The first-order valence-electron chi connectivity index (χ1n) is 11.9. The van der Waals surface area contributed by atoms with E-state index in [9.17, 15) is 13.2 Å². The number of nitrogens with one attached hydrogen (secondary N) is 1. The molecule has 0 bridgehead atoms. The Bertz CT molecular complexity index is 1460. The first-order chi connectivity index (χ1) is 17.6. The van der Waals surface area contributed by atoms with Crippen LogP contribution in [-0.4, -0.2) is 30.5 Å². The van der Waals surface area contributed by atoms with Crippen LogP contribution in [-0.2, 0) is 22.9 Å². The normalized spacial score (nSPS) is 11.5. The first kappa shape index (κ1) is 26.1. The van der Waals surface area contributed by atoms with Crippen molar-refractivity contribution in [3.05, 3.63) is 101 Å². The molecule has 1 N–H and O–H groups in total. The number of amides is 1. The van der Waals surface area contributed by atoms with Crippen molar-refractivity contribution in [3.8, 4) is 0 Å². The summed E-state index contributed by atoms with van der Waals surface area (Å²) in [5.41, 5.74) is 4.20. The fraction of sp³-hybridized carbons (Fsp3) is 0.250. The van der Waals surface area contributed by atoms with Crippen LogP contribution in [0.5, 0.6) is 0 Å². The maximum atomic E-state index is 13.4. The predicted octanol–water partition coefficient (Wildman–Crippen LogP) is 5.36. The zero-order valence-electron chi connectivity index (χ0n) is 21.3. The van der Waals surface area contributed by atoms with Gasteiger partial charge in [0.05, 0.1) is 24.7 Å². The van der Waals surface area contributed by atoms with Crippen molar-refractivity contribution in [1.82, 2.24) is 9.97 Å². The second-order valence-corrected chi connectivity index (χ2v) is 11.2. The van der Waals surface area contributed by atoms with Crippen LogP contribution in [0.15, 0.2) is 82.7 Å². The highest BCUT2D eigenvalue weighted by Gasteiger charge is 2.24. The molecular formula is C28H30N4O4S. The van der Waals surface area contributed by atoms with Crippen LogP contribution < -0.4 is 10.2 Å². The highest BCUT2D eigenvalue weighted by Crippen LogP contribution is 2.26. The van der Waals surface area contributed by atoms with E-state index in [2.05, 4.69) is 41.3 Å².